The number of ether oxygens (including phenoxy) is 3. The molecule has 0 aliphatic rings. The average molecular weight is 281 g/mol. The molecule has 0 saturated heterocycles. The molecular weight excluding hydrogens is 254 g/mol. The summed E-state index contributed by atoms with van der Waals surface area (Å²) < 4.78 is 16.3. The summed E-state index contributed by atoms with van der Waals surface area (Å²) in [6.45, 7) is 6.02. The van der Waals surface area contributed by atoms with Crippen molar-refractivity contribution < 1.29 is 14.2 Å². The number of hydrogen-bond acceptors (Lipinski definition) is 4. The maximum absolute atomic E-state index is 5.73. The van der Waals surface area contributed by atoms with Crippen LogP contribution in [0.3, 0.4) is 0 Å². The normalized spacial score (nSPS) is 10.5. The van der Waals surface area contributed by atoms with Crippen LogP contribution in [-0.2, 0) is 4.74 Å². The molecule has 0 amide bonds. The first-order valence-corrected chi connectivity index (χ1v) is 7.42. The van der Waals surface area contributed by atoms with E-state index < -0.39 is 0 Å². The van der Waals surface area contributed by atoms with Crippen LogP contribution in [0.1, 0.15) is 26.2 Å². The summed E-state index contributed by atoms with van der Waals surface area (Å²) >= 11 is 0. The van der Waals surface area contributed by atoms with Gasteiger partial charge in [-0.2, -0.15) is 0 Å². The van der Waals surface area contributed by atoms with Crippen molar-refractivity contribution in [1.29, 1.82) is 0 Å². The largest absolute Gasteiger partial charge is 0.490 e. The number of para-hydroxylation sites is 2. The summed E-state index contributed by atoms with van der Waals surface area (Å²) in [5.74, 6) is 1.63. The molecule has 0 heterocycles. The molecule has 0 unspecified atom stereocenters. The lowest BCUT2D eigenvalue weighted by molar-refractivity contribution is 0.192. The van der Waals surface area contributed by atoms with Crippen molar-refractivity contribution in [1.82, 2.24) is 5.32 Å². The molecule has 1 aromatic rings. The topological polar surface area (TPSA) is 39.7 Å². The highest BCUT2D eigenvalue weighted by atomic mass is 16.5. The Morgan fingerprint density at radius 3 is 2.35 bits per heavy atom. The van der Waals surface area contributed by atoms with Crippen LogP contribution < -0.4 is 14.8 Å². The maximum Gasteiger partial charge on any atom is 0.161 e. The molecule has 0 aromatic heterocycles. The molecule has 0 atom stereocenters. The van der Waals surface area contributed by atoms with Gasteiger partial charge in [-0.05, 0) is 44.9 Å². The van der Waals surface area contributed by atoms with E-state index in [0.717, 1.165) is 37.6 Å². The molecule has 0 aliphatic carbocycles. The monoisotopic (exact) mass is 281 g/mol. The minimum atomic E-state index is 0.653. The van der Waals surface area contributed by atoms with Crippen molar-refractivity contribution in [2.45, 2.75) is 26.2 Å². The van der Waals surface area contributed by atoms with E-state index in [1.807, 2.05) is 31.2 Å². The third-order valence-electron chi connectivity index (χ3n) is 2.89. The van der Waals surface area contributed by atoms with E-state index in [4.69, 9.17) is 14.2 Å². The number of nitrogens with one attached hydrogen (secondary N) is 1. The fraction of sp³-hybridized carbons (Fsp3) is 0.625. The van der Waals surface area contributed by atoms with Gasteiger partial charge in [0.2, 0.25) is 0 Å². The van der Waals surface area contributed by atoms with Gasteiger partial charge < -0.3 is 19.5 Å². The summed E-state index contributed by atoms with van der Waals surface area (Å²) in [7, 11) is 1.75. The summed E-state index contributed by atoms with van der Waals surface area (Å²) in [6.07, 6.45) is 3.52. The molecule has 0 spiro atoms. The molecule has 0 fully saturated rings. The number of methoxy groups -OCH3 is 1. The predicted octanol–water partition coefficient (Wildman–Crippen LogP) is 2.87. The lowest BCUT2D eigenvalue weighted by Gasteiger charge is -2.11. The fourth-order valence-corrected chi connectivity index (χ4v) is 1.88. The quantitative estimate of drug-likeness (QED) is 0.598. The second-order valence-electron chi connectivity index (χ2n) is 4.53. The van der Waals surface area contributed by atoms with Crippen LogP contribution in [-0.4, -0.2) is 40.0 Å². The highest BCUT2D eigenvalue weighted by Gasteiger charge is 2.02. The van der Waals surface area contributed by atoms with E-state index >= 15 is 0 Å². The average Bonchev–Trinajstić information content (AvgIpc) is 2.47. The van der Waals surface area contributed by atoms with Crippen molar-refractivity contribution in [3.63, 3.8) is 0 Å². The van der Waals surface area contributed by atoms with Crippen molar-refractivity contribution >= 4 is 0 Å². The number of rotatable bonds is 12. The van der Waals surface area contributed by atoms with Crippen molar-refractivity contribution in [2.75, 3.05) is 40.0 Å². The van der Waals surface area contributed by atoms with Crippen LogP contribution in [0.5, 0.6) is 11.5 Å². The Bertz CT molecular complexity index is 344. The maximum atomic E-state index is 5.73. The van der Waals surface area contributed by atoms with Crippen LogP contribution in [0.25, 0.3) is 0 Å². The van der Waals surface area contributed by atoms with Gasteiger partial charge in [0, 0.05) is 20.3 Å². The Hall–Kier alpha value is -1.26. The number of hydrogen-bond donors (Lipinski definition) is 1. The van der Waals surface area contributed by atoms with Crippen LogP contribution in [0, 0.1) is 0 Å². The first-order chi connectivity index (χ1) is 9.88. The Morgan fingerprint density at radius 1 is 0.900 bits per heavy atom. The molecule has 114 valence electrons. The van der Waals surface area contributed by atoms with Gasteiger partial charge in [-0.1, -0.05) is 12.1 Å². The fourth-order valence-electron chi connectivity index (χ4n) is 1.88. The minimum Gasteiger partial charge on any atom is -0.490 e. The molecule has 0 saturated carbocycles. The lowest BCUT2D eigenvalue weighted by atomic mass is 10.2. The highest BCUT2D eigenvalue weighted by Crippen LogP contribution is 2.25. The van der Waals surface area contributed by atoms with Crippen molar-refractivity contribution in [3.8, 4) is 11.5 Å². The first-order valence-electron chi connectivity index (χ1n) is 7.42. The Balaban J connectivity index is 2.06. The van der Waals surface area contributed by atoms with Gasteiger partial charge in [-0.15, -0.1) is 0 Å². The van der Waals surface area contributed by atoms with Gasteiger partial charge in [-0.25, -0.2) is 0 Å². The Morgan fingerprint density at radius 2 is 1.65 bits per heavy atom. The van der Waals surface area contributed by atoms with Crippen molar-refractivity contribution in [3.05, 3.63) is 24.3 Å². The van der Waals surface area contributed by atoms with E-state index in [-0.39, 0.29) is 0 Å². The molecule has 4 nitrogen and oxygen atoms in total. The smallest absolute Gasteiger partial charge is 0.161 e. The van der Waals surface area contributed by atoms with Crippen molar-refractivity contribution in [2.24, 2.45) is 0 Å². The van der Waals surface area contributed by atoms with Crippen LogP contribution >= 0.6 is 0 Å². The molecule has 0 radical (unpaired) electrons. The molecule has 4 heteroatoms. The molecule has 0 bridgehead atoms. The third-order valence-corrected chi connectivity index (χ3v) is 2.89. The van der Waals surface area contributed by atoms with E-state index in [0.29, 0.717) is 13.2 Å². The summed E-state index contributed by atoms with van der Waals surface area (Å²) in [5, 5.41) is 3.38. The van der Waals surface area contributed by atoms with Crippen LogP contribution in [0.15, 0.2) is 24.3 Å². The Labute approximate surface area is 122 Å². The molecule has 0 aliphatic heterocycles. The van der Waals surface area contributed by atoms with Gasteiger partial charge in [0.15, 0.2) is 11.5 Å². The predicted molar refractivity (Wildman–Crippen MR) is 81.7 cm³/mol. The summed E-state index contributed by atoms with van der Waals surface area (Å²) in [6, 6.07) is 7.79. The summed E-state index contributed by atoms with van der Waals surface area (Å²) in [4.78, 5) is 0. The molecule has 1 N–H and O–H groups in total. The molecular formula is C16H27NO3. The zero-order valence-electron chi connectivity index (χ0n) is 12.7. The van der Waals surface area contributed by atoms with Gasteiger partial charge >= 0.3 is 0 Å². The lowest BCUT2D eigenvalue weighted by Crippen LogP contribution is -2.22. The van der Waals surface area contributed by atoms with Gasteiger partial charge in [0.25, 0.3) is 0 Å². The minimum absolute atomic E-state index is 0.653. The Kier molecular flexibility index (Phi) is 9.70. The van der Waals surface area contributed by atoms with Gasteiger partial charge in [0.05, 0.1) is 6.61 Å². The first kappa shape index (κ1) is 16.8. The van der Waals surface area contributed by atoms with Crippen LogP contribution in [0.2, 0.25) is 0 Å². The molecule has 1 aromatic carbocycles. The number of benzene rings is 1. The second kappa shape index (κ2) is 11.6. The standard InChI is InChI=1S/C16H27NO3/c1-3-19-15-9-5-6-10-16(15)20-14-12-17-11-7-4-8-13-18-2/h5-6,9-10,17H,3-4,7-8,11-14H2,1-2H3. The van der Waals surface area contributed by atoms with E-state index in [2.05, 4.69) is 5.32 Å². The van der Waals surface area contributed by atoms with E-state index in [9.17, 15) is 0 Å². The zero-order chi connectivity index (χ0) is 14.5. The number of unbranched alkanes of at least 4 members (excludes halogenated alkanes) is 2. The highest BCUT2D eigenvalue weighted by molar-refractivity contribution is 5.39. The summed E-state index contributed by atoms with van der Waals surface area (Å²) in [5.41, 5.74) is 0. The SMILES string of the molecule is CCOc1ccccc1OCCNCCCCCOC. The van der Waals surface area contributed by atoms with E-state index in [1.54, 1.807) is 7.11 Å². The molecule has 20 heavy (non-hydrogen) atoms. The van der Waals surface area contributed by atoms with E-state index in [1.165, 1.54) is 12.8 Å². The second-order valence-corrected chi connectivity index (χ2v) is 4.53. The van der Waals surface area contributed by atoms with Crippen LogP contribution in [0.4, 0.5) is 0 Å². The third kappa shape index (κ3) is 7.36. The molecule has 1 rings (SSSR count). The van der Waals surface area contributed by atoms with Gasteiger partial charge in [-0.3, -0.25) is 0 Å². The zero-order valence-corrected chi connectivity index (χ0v) is 12.7. The van der Waals surface area contributed by atoms with Gasteiger partial charge in [0.1, 0.15) is 6.61 Å².